The topological polar surface area (TPSA) is 49.8 Å². The van der Waals surface area contributed by atoms with Gasteiger partial charge in [0.1, 0.15) is 0 Å². The van der Waals surface area contributed by atoms with E-state index in [2.05, 4.69) is 0 Å². The van der Waals surface area contributed by atoms with Crippen LogP contribution < -0.4 is 0 Å². The van der Waals surface area contributed by atoms with Crippen LogP contribution in [0.4, 0.5) is 4.79 Å². The molecule has 1 atom stereocenters. The molecule has 0 aliphatic carbocycles. The molecule has 0 bridgehead atoms. The maximum Gasteiger partial charge on any atom is 0.407 e. The number of nitrogens with zero attached hydrogens (tertiary/aromatic N) is 1. The lowest BCUT2D eigenvalue weighted by Gasteiger charge is -2.30. The van der Waals surface area contributed by atoms with Gasteiger partial charge in [-0.05, 0) is 6.42 Å². The van der Waals surface area contributed by atoms with E-state index in [-0.39, 0.29) is 6.10 Å². The van der Waals surface area contributed by atoms with Gasteiger partial charge in [-0.15, -0.1) is 0 Å². The molecule has 1 saturated heterocycles. The van der Waals surface area contributed by atoms with Crippen LogP contribution in [0.5, 0.6) is 0 Å². The Morgan fingerprint density at radius 2 is 2.55 bits per heavy atom. The van der Waals surface area contributed by atoms with Gasteiger partial charge < -0.3 is 14.7 Å². The SMILES string of the molecule is CC[C@@H]1CN(C(=O)O)CCO1. The van der Waals surface area contributed by atoms with Crippen molar-refractivity contribution in [2.24, 2.45) is 0 Å². The first-order valence-corrected chi connectivity index (χ1v) is 3.83. The summed E-state index contributed by atoms with van der Waals surface area (Å²) in [6.07, 6.45) is 0.135. The number of hydrogen-bond acceptors (Lipinski definition) is 2. The van der Waals surface area contributed by atoms with Gasteiger partial charge in [-0.3, -0.25) is 0 Å². The normalized spacial score (nSPS) is 25.2. The Balaban J connectivity index is 2.39. The van der Waals surface area contributed by atoms with Crippen molar-refractivity contribution < 1.29 is 14.6 Å². The molecule has 1 aliphatic heterocycles. The summed E-state index contributed by atoms with van der Waals surface area (Å²) in [4.78, 5) is 11.9. The minimum absolute atomic E-state index is 0.0971. The summed E-state index contributed by atoms with van der Waals surface area (Å²) in [6.45, 7) is 3.55. The second-order valence-electron chi connectivity index (χ2n) is 2.63. The van der Waals surface area contributed by atoms with Gasteiger partial charge in [-0.25, -0.2) is 4.79 Å². The van der Waals surface area contributed by atoms with E-state index in [1.165, 1.54) is 4.90 Å². The molecule has 64 valence electrons. The second-order valence-corrected chi connectivity index (χ2v) is 2.63. The van der Waals surface area contributed by atoms with Crippen LogP contribution in [0, 0.1) is 0 Å². The number of carbonyl (C=O) groups is 1. The van der Waals surface area contributed by atoms with E-state index < -0.39 is 6.09 Å². The van der Waals surface area contributed by atoms with Gasteiger partial charge in [0.05, 0.1) is 19.3 Å². The molecule has 1 rings (SSSR count). The van der Waals surface area contributed by atoms with Gasteiger partial charge in [-0.2, -0.15) is 0 Å². The molecule has 0 unspecified atom stereocenters. The van der Waals surface area contributed by atoms with Crippen molar-refractivity contribution in [2.45, 2.75) is 19.4 Å². The van der Waals surface area contributed by atoms with Crippen LogP contribution in [0.15, 0.2) is 0 Å². The zero-order chi connectivity index (χ0) is 8.27. The molecule has 1 heterocycles. The van der Waals surface area contributed by atoms with Crippen LogP contribution in [0.3, 0.4) is 0 Å². The molecule has 0 aromatic heterocycles. The molecule has 0 spiro atoms. The lowest BCUT2D eigenvalue weighted by Crippen LogP contribution is -2.44. The van der Waals surface area contributed by atoms with Crippen LogP contribution in [0.25, 0.3) is 0 Å². The predicted molar refractivity (Wildman–Crippen MR) is 39.6 cm³/mol. The third-order valence-corrected chi connectivity index (χ3v) is 1.86. The zero-order valence-electron chi connectivity index (χ0n) is 6.62. The minimum Gasteiger partial charge on any atom is -0.465 e. The molecule has 1 N–H and O–H groups in total. The first-order chi connectivity index (χ1) is 5.24. The number of ether oxygens (including phenoxy) is 1. The molecular weight excluding hydrogens is 146 g/mol. The molecule has 1 fully saturated rings. The smallest absolute Gasteiger partial charge is 0.407 e. The molecular formula is C7H13NO3. The predicted octanol–water partition coefficient (Wildman–Crippen LogP) is 0.775. The van der Waals surface area contributed by atoms with E-state index >= 15 is 0 Å². The number of amides is 1. The highest BCUT2D eigenvalue weighted by Crippen LogP contribution is 2.07. The fraction of sp³-hybridized carbons (Fsp3) is 0.857. The number of carboxylic acid groups (broad SMARTS) is 1. The quantitative estimate of drug-likeness (QED) is 0.615. The summed E-state index contributed by atoms with van der Waals surface area (Å²) in [7, 11) is 0. The summed E-state index contributed by atoms with van der Waals surface area (Å²) in [5.74, 6) is 0. The maximum atomic E-state index is 10.5. The summed E-state index contributed by atoms with van der Waals surface area (Å²) < 4.78 is 5.30. The largest absolute Gasteiger partial charge is 0.465 e. The summed E-state index contributed by atoms with van der Waals surface area (Å²) in [6, 6.07) is 0. The molecule has 1 aliphatic rings. The van der Waals surface area contributed by atoms with Crippen molar-refractivity contribution >= 4 is 6.09 Å². The van der Waals surface area contributed by atoms with Crippen LogP contribution in [-0.2, 0) is 4.74 Å². The Kier molecular flexibility index (Phi) is 2.70. The van der Waals surface area contributed by atoms with Crippen molar-refractivity contribution in [1.82, 2.24) is 4.90 Å². The summed E-state index contributed by atoms with van der Waals surface area (Å²) in [5.41, 5.74) is 0. The molecule has 0 aromatic carbocycles. The summed E-state index contributed by atoms with van der Waals surface area (Å²) >= 11 is 0. The minimum atomic E-state index is -0.841. The van der Waals surface area contributed by atoms with E-state index in [1.807, 2.05) is 6.92 Å². The Labute approximate surface area is 65.8 Å². The van der Waals surface area contributed by atoms with Gasteiger partial charge in [0.2, 0.25) is 0 Å². The van der Waals surface area contributed by atoms with E-state index in [4.69, 9.17) is 9.84 Å². The van der Waals surface area contributed by atoms with Gasteiger partial charge in [-0.1, -0.05) is 6.92 Å². The molecule has 4 heteroatoms. The third kappa shape index (κ3) is 2.08. The van der Waals surface area contributed by atoms with Crippen molar-refractivity contribution in [1.29, 1.82) is 0 Å². The molecule has 0 radical (unpaired) electrons. The fourth-order valence-electron chi connectivity index (χ4n) is 1.14. The Bertz CT molecular complexity index is 149. The Morgan fingerprint density at radius 1 is 1.82 bits per heavy atom. The van der Waals surface area contributed by atoms with Crippen LogP contribution in [-0.4, -0.2) is 41.9 Å². The van der Waals surface area contributed by atoms with E-state index in [0.717, 1.165) is 6.42 Å². The van der Waals surface area contributed by atoms with Crippen molar-refractivity contribution in [2.75, 3.05) is 19.7 Å². The fourth-order valence-corrected chi connectivity index (χ4v) is 1.14. The highest BCUT2D eigenvalue weighted by Gasteiger charge is 2.21. The number of hydrogen-bond donors (Lipinski definition) is 1. The zero-order valence-corrected chi connectivity index (χ0v) is 6.62. The first-order valence-electron chi connectivity index (χ1n) is 3.83. The molecule has 1 amide bonds. The average Bonchev–Trinajstić information content (AvgIpc) is 2.05. The Morgan fingerprint density at radius 3 is 3.09 bits per heavy atom. The van der Waals surface area contributed by atoms with Crippen molar-refractivity contribution in [3.63, 3.8) is 0 Å². The van der Waals surface area contributed by atoms with E-state index in [1.54, 1.807) is 0 Å². The number of rotatable bonds is 1. The first kappa shape index (κ1) is 8.33. The van der Waals surface area contributed by atoms with Gasteiger partial charge in [0.15, 0.2) is 0 Å². The highest BCUT2D eigenvalue weighted by atomic mass is 16.5. The monoisotopic (exact) mass is 159 g/mol. The van der Waals surface area contributed by atoms with Crippen LogP contribution in [0.2, 0.25) is 0 Å². The van der Waals surface area contributed by atoms with Gasteiger partial charge in [0, 0.05) is 6.54 Å². The number of morpholine rings is 1. The molecule has 4 nitrogen and oxygen atoms in total. The molecule has 0 aromatic rings. The van der Waals surface area contributed by atoms with Crippen LogP contribution in [0.1, 0.15) is 13.3 Å². The molecule has 11 heavy (non-hydrogen) atoms. The Hall–Kier alpha value is -0.770. The van der Waals surface area contributed by atoms with Crippen molar-refractivity contribution in [3.8, 4) is 0 Å². The van der Waals surface area contributed by atoms with Gasteiger partial charge in [0.25, 0.3) is 0 Å². The second kappa shape index (κ2) is 3.57. The summed E-state index contributed by atoms with van der Waals surface area (Å²) in [5, 5.41) is 8.62. The average molecular weight is 159 g/mol. The lowest BCUT2D eigenvalue weighted by atomic mass is 10.2. The molecule has 0 saturated carbocycles. The van der Waals surface area contributed by atoms with Crippen LogP contribution >= 0.6 is 0 Å². The standard InChI is InChI=1S/C7H13NO3/c1-2-6-5-8(7(9)10)3-4-11-6/h6H,2-5H2,1H3,(H,9,10)/t6-/m1/s1. The van der Waals surface area contributed by atoms with E-state index in [9.17, 15) is 4.79 Å². The van der Waals surface area contributed by atoms with Crippen molar-refractivity contribution in [3.05, 3.63) is 0 Å². The lowest BCUT2D eigenvalue weighted by molar-refractivity contribution is -0.0229. The maximum absolute atomic E-state index is 10.5. The van der Waals surface area contributed by atoms with Gasteiger partial charge >= 0.3 is 6.09 Å². The van der Waals surface area contributed by atoms with E-state index in [0.29, 0.717) is 19.7 Å². The highest BCUT2D eigenvalue weighted by molar-refractivity contribution is 5.65. The third-order valence-electron chi connectivity index (χ3n) is 1.86.